The van der Waals surface area contributed by atoms with E-state index in [-0.39, 0.29) is 22.3 Å². The number of hydrogen-bond acceptors (Lipinski definition) is 5. The number of carbonyl (C=O) groups is 1. The summed E-state index contributed by atoms with van der Waals surface area (Å²) in [6.45, 7) is 4.22. The van der Waals surface area contributed by atoms with Gasteiger partial charge in [0, 0.05) is 22.1 Å². The van der Waals surface area contributed by atoms with E-state index in [1.54, 1.807) is 23.9 Å². The van der Waals surface area contributed by atoms with Gasteiger partial charge < -0.3 is 14.6 Å². The molecule has 1 saturated carbocycles. The molecule has 6 heteroatoms. The molecule has 0 saturated heterocycles. The van der Waals surface area contributed by atoms with Crippen molar-refractivity contribution in [1.29, 1.82) is 0 Å². The van der Waals surface area contributed by atoms with Crippen molar-refractivity contribution >= 4 is 17.7 Å². The highest BCUT2D eigenvalue weighted by Crippen LogP contribution is 2.44. The van der Waals surface area contributed by atoms with E-state index in [0.29, 0.717) is 22.3 Å². The Balaban J connectivity index is 1.92. The maximum absolute atomic E-state index is 12.8. The molecule has 28 heavy (non-hydrogen) atoms. The molecule has 0 radical (unpaired) electrons. The van der Waals surface area contributed by atoms with Gasteiger partial charge in [0.15, 0.2) is 0 Å². The molecule has 0 aliphatic heterocycles. The Morgan fingerprint density at radius 1 is 1.21 bits per heavy atom. The van der Waals surface area contributed by atoms with Gasteiger partial charge in [0.2, 0.25) is 0 Å². The molecular formula is C22H26O5S. The molecule has 2 aromatic rings. The molecule has 0 bridgehead atoms. The normalized spacial score (nSPS) is 15.8. The quantitative estimate of drug-likeness (QED) is 0.638. The summed E-state index contributed by atoms with van der Waals surface area (Å²) in [4.78, 5) is 23.8. The molecule has 1 fully saturated rings. The van der Waals surface area contributed by atoms with Gasteiger partial charge in [-0.1, -0.05) is 38.8 Å². The van der Waals surface area contributed by atoms with Crippen LogP contribution in [0.2, 0.25) is 0 Å². The molecule has 1 heterocycles. The van der Waals surface area contributed by atoms with Crippen LogP contribution < -0.4 is 5.63 Å². The molecule has 150 valence electrons. The van der Waals surface area contributed by atoms with E-state index in [1.165, 1.54) is 31.0 Å². The minimum atomic E-state index is -1.02. The first-order valence-corrected chi connectivity index (χ1v) is 10.7. The lowest BCUT2D eigenvalue weighted by Gasteiger charge is -2.22. The van der Waals surface area contributed by atoms with E-state index in [9.17, 15) is 14.7 Å². The number of rotatable bonds is 7. The summed E-state index contributed by atoms with van der Waals surface area (Å²) in [6, 6.07) is 7.49. The van der Waals surface area contributed by atoms with Gasteiger partial charge in [0.1, 0.15) is 11.5 Å². The maximum atomic E-state index is 12.8. The molecule has 1 aliphatic rings. The largest absolute Gasteiger partial charge is 0.507 e. The van der Waals surface area contributed by atoms with Crippen molar-refractivity contribution < 1.29 is 19.4 Å². The second-order valence-corrected chi connectivity index (χ2v) is 9.25. The van der Waals surface area contributed by atoms with Crippen LogP contribution in [0.1, 0.15) is 67.1 Å². The second kappa shape index (κ2) is 8.86. The van der Waals surface area contributed by atoms with Crippen LogP contribution in [0, 0.1) is 5.92 Å². The van der Waals surface area contributed by atoms with Crippen LogP contribution >= 0.6 is 11.8 Å². The Bertz CT molecular complexity index is 879. The Hall–Kier alpha value is -2.21. The van der Waals surface area contributed by atoms with Crippen LogP contribution in [0.15, 0.2) is 39.5 Å². The maximum Gasteiger partial charge on any atom is 0.344 e. The summed E-state index contributed by atoms with van der Waals surface area (Å²) in [5, 5.41) is 20.1. The van der Waals surface area contributed by atoms with E-state index >= 15 is 0 Å². The van der Waals surface area contributed by atoms with Gasteiger partial charge in [-0.3, -0.25) is 0 Å². The van der Waals surface area contributed by atoms with Crippen LogP contribution in [-0.4, -0.2) is 21.4 Å². The molecule has 2 N–H and O–H groups in total. The highest BCUT2D eigenvalue weighted by molar-refractivity contribution is 8.00. The predicted molar refractivity (Wildman–Crippen MR) is 111 cm³/mol. The molecular weight excluding hydrogens is 376 g/mol. The molecule has 0 spiro atoms. The summed E-state index contributed by atoms with van der Waals surface area (Å²) >= 11 is 1.78. The Labute approximate surface area is 168 Å². The van der Waals surface area contributed by atoms with Gasteiger partial charge >= 0.3 is 11.6 Å². The van der Waals surface area contributed by atoms with Crippen LogP contribution in [-0.2, 0) is 0 Å². The van der Waals surface area contributed by atoms with Crippen molar-refractivity contribution in [3.05, 3.63) is 51.9 Å². The van der Waals surface area contributed by atoms with Crippen molar-refractivity contribution in [2.75, 3.05) is 0 Å². The zero-order chi connectivity index (χ0) is 20.3. The third-order valence-corrected chi connectivity index (χ3v) is 6.66. The monoisotopic (exact) mass is 402 g/mol. The summed E-state index contributed by atoms with van der Waals surface area (Å²) < 4.78 is 5.53. The number of benzene rings is 1. The van der Waals surface area contributed by atoms with E-state index in [2.05, 4.69) is 13.8 Å². The minimum Gasteiger partial charge on any atom is -0.507 e. The summed E-state index contributed by atoms with van der Waals surface area (Å²) in [7, 11) is 0. The van der Waals surface area contributed by atoms with E-state index in [4.69, 9.17) is 9.52 Å². The summed E-state index contributed by atoms with van der Waals surface area (Å²) in [5.74, 6) is -0.449. The first-order chi connectivity index (χ1) is 13.3. The first kappa shape index (κ1) is 20.5. The van der Waals surface area contributed by atoms with Crippen molar-refractivity contribution in [2.45, 2.75) is 56.5 Å². The predicted octanol–water partition coefficient (Wildman–Crippen LogP) is 5.47. The van der Waals surface area contributed by atoms with Gasteiger partial charge in [-0.2, -0.15) is 0 Å². The van der Waals surface area contributed by atoms with Crippen molar-refractivity contribution in [1.82, 2.24) is 0 Å². The topological polar surface area (TPSA) is 87.7 Å². The average molecular weight is 403 g/mol. The fourth-order valence-electron chi connectivity index (χ4n) is 3.63. The molecule has 0 amide bonds. The van der Waals surface area contributed by atoms with Crippen LogP contribution in [0.5, 0.6) is 5.75 Å². The third kappa shape index (κ3) is 4.79. The van der Waals surface area contributed by atoms with Crippen molar-refractivity contribution in [3.63, 3.8) is 0 Å². The van der Waals surface area contributed by atoms with Crippen LogP contribution in [0.25, 0.3) is 11.3 Å². The molecule has 5 nitrogen and oxygen atoms in total. The number of aromatic hydroxyl groups is 1. The Kier molecular flexibility index (Phi) is 6.50. The summed E-state index contributed by atoms with van der Waals surface area (Å²) in [5.41, 5.74) is 0.523. The molecule has 3 rings (SSSR count). The van der Waals surface area contributed by atoms with Crippen LogP contribution in [0.3, 0.4) is 0 Å². The van der Waals surface area contributed by atoms with Gasteiger partial charge in [-0.05, 0) is 37.3 Å². The average Bonchev–Trinajstić information content (AvgIpc) is 3.13. The first-order valence-electron chi connectivity index (χ1n) is 9.71. The number of thioether (sulfide) groups is 1. The number of carboxylic acid groups (broad SMARTS) is 1. The van der Waals surface area contributed by atoms with Gasteiger partial charge in [-0.15, -0.1) is 11.8 Å². The molecule has 1 aromatic carbocycles. The summed E-state index contributed by atoms with van der Waals surface area (Å²) in [6.07, 6.45) is 5.54. The number of hydrogen-bond donors (Lipinski definition) is 2. The lowest BCUT2D eigenvalue weighted by molar-refractivity contribution is 0.0697. The zero-order valence-electron chi connectivity index (χ0n) is 16.2. The lowest BCUT2D eigenvalue weighted by Crippen LogP contribution is -2.15. The highest BCUT2D eigenvalue weighted by atomic mass is 32.2. The van der Waals surface area contributed by atoms with Gasteiger partial charge in [-0.25, -0.2) is 9.59 Å². The molecule has 1 aromatic heterocycles. The number of aromatic carboxylic acids is 1. The van der Waals surface area contributed by atoms with E-state index in [0.717, 1.165) is 19.3 Å². The molecule has 1 atom stereocenters. The van der Waals surface area contributed by atoms with Crippen LogP contribution in [0.4, 0.5) is 0 Å². The second-order valence-electron chi connectivity index (χ2n) is 7.74. The molecule has 1 aliphatic carbocycles. The zero-order valence-corrected chi connectivity index (χ0v) is 17.0. The minimum absolute atomic E-state index is 0.0512. The fraction of sp³-hybridized carbons (Fsp3) is 0.455. The van der Waals surface area contributed by atoms with E-state index in [1.807, 2.05) is 0 Å². The fourth-order valence-corrected chi connectivity index (χ4v) is 5.55. The van der Waals surface area contributed by atoms with E-state index < -0.39 is 11.6 Å². The van der Waals surface area contributed by atoms with Gasteiger partial charge in [0.25, 0.3) is 0 Å². The molecule has 1 unspecified atom stereocenters. The third-order valence-electron chi connectivity index (χ3n) is 5.05. The SMILES string of the molecule is CC(C)CC(SC1CCCC1)c1c(O)cc(-c2ccc(C(=O)O)cc2)oc1=O. The standard InChI is InChI=1S/C22H26O5S/c1-13(2)11-19(28-16-5-3-4-6-16)20-17(23)12-18(27-22(20)26)14-7-9-15(10-8-14)21(24)25/h7-10,12-13,16,19,23H,3-6,11H2,1-2H3,(H,24,25). The smallest absolute Gasteiger partial charge is 0.344 e. The highest BCUT2D eigenvalue weighted by Gasteiger charge is 2.28. The lowest BCUT2D eigenvalue weighted by atomic mass is 10.0. The number of carboxylic acids is 1. The van der Waals surface area contributed by atoms with Gasteiger partial charge in [0.05, 0.1) is 11.1 Å². The Morgan fingerprint density at radius 3 is 2.39 bits per heavy atom. The Morgan fingerprint density at radius 2 is 1.86 bits per heavy atom. The van der Waals surface area contributed by atoms with Crippen molar-refractivity contribution in [3.8, 4) is 17.1 Å². The van der Waals surface area contributed by atoms with Crippen molar-refractivity contribution in [2.24, 2.45) is 5.92 Å².